The summed E-state index contributed by atoms with van der Waals surface area (Å²) in [6, 6.07) is 3.32. The van der Waals surface area contributed by atoms with Gasteiger partial charge in [-0.25, -0.2) is 0 Å². The molecule has 4 N–H and O–H groups in total. The van der Waals surface area contributed by atoms with Crippen molar-refractivity contribution in [2.24, 2.45) is 10.9 Å². The van der Waals surface area contributed by atoms with Gasteiger partial charge in [-0.2, -0.15) is 0 Å². The van der Waals surface area contributed by atoms with Crippen LogP contribution in [0, 0.1) is 0 Å². The molecule has 1 atom stereocenters. The number of hydrogen-bond acceptors (Lipinski definition) is 4. The number of pyridine rings is 1. The van der Waals surface area contributed by atoms with Crippen molar-refractivity contribution < 1.29 is 10.0 Å². The van der Waals surface area contributed by atoms with E-state index in [0.29, 0.717) is 11.3 Å². The van der Waals surface area contributed by atoms with Gasteiger partial charge in [0.25, 0.3) is 5.91 Å². The highest BCUT2D eigenvalue weighted by molar-refractivity contribution is 5.98. The highest BCUT2D eigenvalue weighted by Gasteiger charge is 2.12. The Balaban J connectivity index is 2.72. The predicted molar refractivity (Wildman–Crippen MR) is 73.2 cm³/mol. The van der Waals surface area contributed by atoms with Crippen LogP contribution in [0.1, 0.15) is 49.2 Å². The molecule has 1 aromatic rings. The van der Waals surface area contributed by atoms with Crippen molar-refractivity contribution >= 4 is 11.7 Å². The molecule has 6 heteroatoms. The number of aromatic nitrogens is 1. The molecule has 1 rings (SSSR count). The first-order valence-corrected chi connectivity index (χ1v) is 6.37. The molecule has 19 heavy (non-hydrogen) atoms. The Hall–Kier alpha value is -2.11. The topological polar surface area (TPSA) is 101 Å². The van der Waals surface area contributed by atoms with E-state index in [1.165, 1.54) is 6.20 Å². The number of oxime groups is 1. The molecule has 104 valence electrons. The number of rotatable bonds is 6. The number of nitrogens with one attached hydrogen (secondary N) is 1. The smallest absolute Gasteiger partial charge is 0.270 e. The molecule has 0 aliphatic carbocycles. The van der Waals surface area contributed by atoms with Crippen molar-refractivity contribution in [1.82, 2.24) is 10.3 Å². The fourth-order valence-corrected chi connectivity index (χ4v) is 1.72. The van der Waals surface area contributed by atoms with Crippen molar-refractivity contribution in [3.63, 3.8) is 0 Å². The molecule has 6 nitrogen and oxygen atoms in total. The second-order valence-electron chi connectivity index (χ2n) is 4.28. The Kier molecular flexibility index (Phi) is 5.78. The van der Waals surface area contributed by atoms with E-state index in [9.17, 15) is 4.79 Å². The molecule has 0 bridgehead atoms. The van der Waals surface area contributed by atoms with Crippen molar-refractivity contribution in [1.29, 1.82) is 0 Å². The summed E-state index contributed by atoms with van der Waals surface area (Å²) in [5.41, 5.74) is 6.22. The quantitative estimate of drug-likeness (QED) is 0.313. The SMILES string of the molecule is CCCC(CC)NC(=O)c1ccc(C(N)=NO)cn1. The third kappa shape index (κ3) is 4.24. The molecule has 1 amide bonds. The number of carbonyl (C=O) groups excluding carboxylic acids is 1. The summed E-state index contributed by atoms with van der Waals surface area (Å²) >= 11 is 0. The number of hydrogen-bond donors (Lipinski definition) is 3. The van der Waals surface area contributed by atoms with E-state index in [-0.39, 0.29) is 17.8 Å². The van der Waals surface area contributed by atoms with Crippen LogP contribution in [0.3, 0.4) is 0 Å². The lowest BCUT2D eigenvalue weighted by atomic mass is 10.1. The van der Waals surface area contributed by atoms with E-state index in [2.05, 4.69) is 22.4 Å². The molecule has 0 radical (unpaired) electrons. The molecule has 0 spiro atoms. The van der Waals surface area contributed by atoms with Crippen LogP contribution < -0.4 is 11.1 Å². The lowest BCUT2D eigenvalue weighted by Gasteiger charge is -2.15. The first-order chi connectivity index (χ1) is 9.12. The van der Waals surface area contributed by atoms with E-state index < -0.39 is 0 Å². The van der Waals surface area contributed by atoms with Gasteiger partial charge in [0, 0.05) is 17.8 Å². The summed E-state index contributed by atoms with van der Waals surface area (Å²) in [4.78, 5) is 16.0. The predicted octanol–water partition coefficient (Wildman–Crippen LogP) is 1.48. The number of amidine groups is 1. The van der Waals surface area contributed by atoms with Crippen molar-refractivity contribution in [3.8, 4) is 0 Å². The summed E-state index contributed by atoms with van der Waals surface area (Å²) in [5.74, 6) is -0.233. The average molecular weight is 264 g/mol. The monoisotopic (exact) mass is 264 g/mol. The molecule has 1 heterocycles. The fraction of sp³-hybridized carbons (Fsp3) is 0.462. The highest BCUT2D eigenvalue weighted by atomic mass is 16.4. The summed E-state index contributed by atoms with van der Waals surface area (Å²) in [5, 5.41) is 14.3. The van der Waals surface area contributed by atoms with Gasteiger partial charge in [-0.3, -0.25) is 9.78 Å². The first kappa shape index (κ1) is 14.9. The third-order valence-corrected chi connectivity index (χ3v) is 2.86. The molecular formula is C13H20N4O2. The van der Waals surface area contributed by atoms with Gasteiger partial charge in [0.2, 0.25) is 0 Å². The van der Waals surface area contributed by atoms with Crippen molar-refractivity contribution in [2.75, 3.05) is 0 Å². The lowest BCUT2D eigenvalue weighted by molar-refractivity contribution is 0.0928. The van der Waals surface area contributed by atoms with Gasteiger partial charge in [-0.15, -0.1) is 0 Å². The van der Waals surface area contributed by atoms with Crippen LogP contribution >= 0.6 is 0 Å². The maximum atomic E-state index is 12.0. The minimum absolute atomic E-state index is 0.0307. The van der Waals surface area contributed by atoms with E-state index >= 15 is 0 Å². The second kappa shape index (κ2) is 7.35. The zero-order valence-corrected chi connectivity index (χ0v) is 11.3. The van der Waals surface area contributed by atoms with E-state index in [4.69, 9.17) is 10.9 Å². The number of carbonyl (C=O) groups is 1. The maximum absolute atomic E-state index is 12.0. The van der Waals surface area contributed by atoms with Crippen LogP contribution in [0.2, 0.25) is 0 Å². The van der Waals surface area contributed by atoms with Crippen LogP contribution in [-0.4, -0.2) is 28.0 Å². The summed E-state index contributed by atoms with van der Waals surface area (Å²) < 4.78 is 0. The van der Waals surface area contributed by atoms with Gasteiger partial charge < -0.3 is 16.3 Å². The molecule has 0 aliphatic heterocycles. The van der Waals surface area contributed by atoms with Crippen LogP contribution in [0.4, 0.5) is 0 Å². The molecule has 1 aromatic heterocycles. The van der Waals surface area contributed by atoms with Crippen molar-refractivity contribution in [2.45, 2.75) is 39.2 Å². The molecule has 0 aliphatic rings. The van der Waals surface area contributed by atoms with Gasteiger partial charge >= 0.3 is 0 Å². The maximum Gasteiger partial charge on any atom is 0.270 e. The van der Waals surface area contributed by atoms with Gasteiger partial charge in [-0.1, -0.05) is 25.4 Å². The molecule has 0 fully saturated rings. The molecular weight excluding hydrogens is 244 g/mol. The lowest BCUT2D eigenvalue weighted by Crippen LogP contribution is -2.34. The molecule has 0 saturated heterocycles. The Morgan fingerprint density at radius 3 is 2.74 bits per heavy atom. The van der Waals surface area contributed by atoms with E-state index in [1.54, 1.807) is 12.1 Å². The van der Waals surface area contributed by atoms with Gasteiger partial charge in [0.1, 0.15) is 5.69 Å². The summed E-state index contributed by atoms with van der Waals surface area (Å²) in [7, 11) is 0. The summed E-state index contributed by atoms with van der Waals surface area (Å²) in [6.07, 6.45) is 4.27. The minimum Gasteiger partial charge on any atom is -0.409 e. The van der Waals surface area contributed by atoms with Crippen molar-refractivity contribution in [3.05, 3.63) is 29.6 Å². The molecule has 0 aromatic carbocycles. The largest absolute Gasteiger partial charge is 0.409 e. The van der Waals surface area contributed by atoms with E-state index in [0.717, 1.165) is 19.3 Å². The fourth-order valence-electron chi connectivity index (χ4n) is 1.72. The van der Waals surface area contributed by atoms with Crippen LogP contribution in [0.25, 0.3) is 0 Å². The Morgan fingerprint density at radius 2 is 2.26 bits per heavy atom. The third-order valence-electron chi connectivity index (χ3n) is 2.86. The molecule has 1 unspecified atom stereocenters. The van der Waals surface area contributed by atoms with Gasteiger partial charge in [0.15, 0.2) is 5.84 Å². The summed E-state index contributed by atoms with van der Waals surface area (Å²) in [6.45, 7) is 4.12. The highest BCUT2D eigenvalue weighted by Crippen LogP contribution is 2.04. The first-order valence-electron chi connectivity index (χ1n) is 6.37. The van der Waals surface area contributed by atoms with Crippen LogP contribution in [-0.2, 0) is 0 Å². The Bertz CT molecular complexity index is 442. The number of nitrogens with two attached hydrogens (primary N) is 1. The van der Waals surface area contributed by atoms with Gasteiger partial charge in [-0.05, 0) is 25.0 Å². The number of nitrogens with zero attached hydrogens (tertiary/aromatic N) is 2. The van der Waals surface area contributed by atoms with Crippen LogP contribution in [0.5, 0.6) is 0 Å². The Morgan fingerprint density at radius 1 is 1.53 bits per heavy atom. The standard InChI is InChI=1S/C13H20N4O2/c1-3-5-10(4-2)16-13(18)11-7-6-9(8-15-11)12(14)17-19/h6-8,10,19H,3-5H2,1-2H3,(H2,14,17)(H,16,18). The second-order valence-corrected chi connectivity index (χ2v) is 4.28. The average Bonchev–Trinajstić information content (AvgIpc) is 2.45. The normalized spacial score (nSPS) is 13.1. The zero-order valence-electron chi connectivity index (χ0n) is 11.3. The Labute approximate surface area is 112 Å². The van der Waals surface area contributed by atoms with Crippen LogP contribution in [0.15, 0.2) is 23.5 Å². The van der Waals surface area contributed by atoms with Gasteiger partial charge in [0.05, 0.1) is 0 Å². The molecule has 0 saturated carbocycles. The minimum atomic E-state index is -0.202. The van der Waals surface area contributed by atoms with E-state index in [1.807, 2.05) is 6.92 Å². The zero-order chi connectivity index (χ0) is 14.3. The number of amides is 1.